The summed E-state index contributed by atoms with van der Waals surface area (Å²) in [6.07, 6.45) is 0.926. The second-order valence-electron chi connectivity index (χ2n) is 3.73. The molecule has 0 radical (unpaired) electrons. The van der Waals surface area contributed by atoms with Crippen LogP contribution in [0.25, 0.3) is 11.0 Å². The van der Waals surface area contributed by atoms with Crippen LogP contribution in [0.4, 0.5) is 0 Å². The summed E-state index contributed by atoms with van der Waals surface area (Å²) in [6.45, 7) is 3.95. The summed E-state index contributed by atoms with van der Waals surface area (Å²) in [4.78, 5) is 4.62. The van der Waals surface area contributed by atoms with Crippen LogP contribution in [-0.2, 0) is 13.0 Å². The third kappa shape index (κ3) is 1.93. The molecule has 0 aliphatic carbocycles. The van der Waals surface area contributed by atoms with Gasteiger partial charge < -0.3 is 9.88 Å². The van der Waals surface area contributed by atoms with E-state index in [1.165, 1.54) is 0 Å². The highest BCUT2D eigenvalue weighted by Gasteiger charge is 2.11. The number of aryl methyl sites for hydroxylation is 1. The number of likely N-dealkylation sites (N-methyl/N-ethyl adjacent to an activating group) is 1. The molecule has 0 saturated heterocycles. The molecule has 2 rings (SSSR count). The van der Waals surface area contributed by atoms with E-state index in [4.69, 9.17) is 11.6 Å². The van der Waals surface area contributed by atoms with Crippen LogP contribution in [0.15, 0.2) is 18.2 Å². The fraction of sp³-hybridized carbons (Fsp3) is 0.417. The average molecular weight is 238 g/mol. The lowest BCUT2D eigenvalue weighted by molar-refractivity contribution is 0.681. The SMILES string of the molecule is CCn1c(CCNC)nc2cccc(Cl)c21. The van der Waals surface area contributed by atoms with Gasteiger partial charge in [-0.1, -0.05) is 17.7 Å². The topological polar surface area (TPSA) is 29.9 Å². The van der Waals surface area contributed by atoms with Crippen LogP contribution in [0, 0.1) is 0 Å². The van der Waals surface area contributed by atoms with Gasteiger partial charge in [0.25, 0.3) is 0 Å². The van der Waals surface area contributed by atoms with Gasteiger partial charge in [-0.3, -0.25) is 0 Å². The van der Waals surface area contributed by atoms with Gasteiger partial charge in [0.2, 0.25) is 0 Å². The maximum atomic E-state index is 6.21. The van der Waals surface area contributed by atoms with Crippen LogP contribution in [0.5, 0.6) is 0 Å². The molecule has 0 aliphatic heterocycles. The molecular weight excluding hydrogens is 222 g/mol. The third-order valence-electron chi connectivity index (χ3n) is 2.71. The number of imidazole rings is 1. The van der Waals surface area contributed by atoms with Crippen LogP contribution in [0.2, 0.25) is 5.02 Å². The Bertz CT molecular complexity index is 490. The van der Waals surface area contributed by atoms with E-state index in [1.54, 1.807) is 0 Å². The van der Waals surface area contributed by atoms with E-state index < -0.39 is 0 Å². The number of para-hydroxylation sites is 1. The highest BCUT2D eigenvalue weighted by Crippen LogP contribution is 2.24. The molecule has 4 heteroatoms. The smallest absolute Gasteiger partial charge is 0.111 e. The molecule has 1 N–H and O–H groups in total. The summed E-state index contributed by atoms with van der Waals surface area (Å²) in [5.74, 6) is 1.10. The van der Waals surface area contributed by atoms with Crippen molar-refractivity contribution in [1.82, 2.24) is 14.9 Å². The second-order valence-corrected chi connectivity index (χ2v) is 4.14. The second kappa shape index (κ2) is 4.85. The maximum Gasteiger partial charge on any atom is 0.111 e. The van der Waals surface area contributed by atoms with Gasteiger partial charge in [-0.2, -0.15) is 0 Å². The molecule has 0 spiro atoms. The number of fused-ring (bicyclic) bond motifs is 1. The Morgan fingerprint density at radius 2 is 2.25 bits per heavy atom. The number of rotatable bonds is 4. The number of halogens is 1. The molecule has 1 aromatic heterocycles. The van der Waals surface area contributed by atoms with Crippen molar-refractivity contribution in [1.29, 1.82) is 0 Å². The molecule has 3 nitrogen and oxygen atoms in total. The quantitative estimate of drug-likeness (QED) is 0.886. The van der Waals surface area contributed by atoms with E-state index in [9.17, 15) is 0 Å². The predicted molar refractivity (Wildman–Crippen MR) is 68.0 cm³/mol. The first-order valence-corrected chi connectivity index (χ1v) is 5.94. The average Bonchev–Trinajstić information content (AvgIpc) is 2.65. The summed E-state index contributed by atoms with van der Waals surface area (Å²) in [7, 11) is 1.95. The fourth-order valence-electron chi connectivity index (χ4n) is 1.96. The minimum absolute atomic E-state index is 0.780. The molecule has 0 aliphatic rings. The Labute approximate surface area is 100 Å². The van der Waals surface area contributed by atoms with Gasteiger partial charge in [0.05, 0.1) is 16.1 Å². The van der Waals surface area contributed by atoms with Crippen molar-refractivity contribution in [2.45, 2.75) is 19.9 Å². The van der Waals surface area contributed by atoms with Crippen molar-refractivity contribution in [2.75, 3.05) is 13.6 Å². The summed E-state index contributed by atoms with van der Waals surface area (Å²) >= 11 is 6.21. The zero-order valence-electron chi connectivity index (χ0n) is 9.63. The molecule has 0 saturated carbocycles. The highest BCUT2D eigenvalue weighted by molar-refractivity contribution is 6.35. The van der Waals surface area contributed by atoms with Gasteiger partial charge in [0, 0.05) is 19.5 Å². The lowest BCUT2D eigenvalue weighted by Crippen LogP contribution is -2.13. The molecule has 1 heterocycles. The van der Waals surface area contributed by atoms with Crippen LogP contribution < -0.4 is 5.32 Å². The highest BCUT2D eigenvalue weighted by atomic mass is 35.5. The Balaban J connectivity index is 2.53. The summed E-state index contributed by atoms with van der Waals surface area (Å²) < 4.78 is 2.19. The predicted octanol–water partition coefficient (Wildman–Crippen LogP) is 2.47. The van der Waals surface area contributed by atoms with E-state index in [-0.39, 0.29) is 0 Å². The molecule has 16 heavy (non-hydrogen) atoms. The van der Waals surface area contributed by atoms with E-state index in [2.05, 4.69) is 21.8 Å². The van der Waals surface area contributed by atoms with E-state index in [0.29, 0.717) is 0 Å². The molecule has 86 valence electrons. The Morgan fingerprint density at radius 1 is 1.44 bits per heavy atom. The van der Waals surface area contributed by atoms with Crippen molar-refractivity contribution >= 4 is 22.6 Å². The number of hydrogen-bond acceptors (Lipinski definition) is 2. The number of nitrogens with zero attached hydrogens (tertiary/aromatic N) is 2. The summed E-state index contributed by atoms with van der Waals surface area (Å²) in [5.41, 5.74) is 2.04. The van der Waals surface area contributed by atoms with Gasteiger partial charge in [0.1, 0.15) is 5.82 Å². The first-order valence-electron chi connectivity index (χ1n) is 5.56. The zero-order chi connectivity index (χ0) is 11.5. The van der Waals surface area contributed by atoms with E-state index in [0.717, 1.165) is 41.4 Å². The number of benzene rings is 1. The molecule has 0 amide bonds. The lowest BCUT2D eigenvalue weighted by Gasteiger charge is -2.06. The van der Waals surface area contributed by atoms with Gasteiger partial charge in [0.15, 0.2) is 0 Å². The maximum absolute atomic E-state index is 6.21. The number of aromatic nitrogens is 2. The van der Waals surface area contributed by atoms with Crippen molar-refractivity contribution in [3.8, 4) is 0 Å². The minimum atomic E-state index is 0.780. The summed E-state index contributed by atoms with van der Waals surface area (Å²) in [5, 5.41) is 3.92. The first-order chi connectivity index (χ1) is 7.77. The van der Waals surface area contributed by atoms with Crippen LogP contribution in [0.3, 0.4) is 0 Å². The van der Waals surface area contributed by atoms with Gasteiger partial charge >= 0.3 is 0 Å². The lowest BCUT2D eigenvalue weighted by atomic mass is 10.3. The van der Waals surface area contributed by atoms with Crippen LogP contribution >= 0.6 is 11.6 Å². The zero-order valence-corrected chi connectivity index (χ0v) is 10.4. The minimum Gasteiger partial charge on any atom is -0.327 e. The first kappa shape index (κ1) is 11.4. The number of hydrogen-bond donors (Lipinski definition) is 1. The number of nitrogens with one attached hydrogen (secondary N) is 1. The van der Waals surface area contributed by atoms with Crippen molar-refractivity contribution in [3.05, 3.63) is 29.0 Å². The van der Waals surface area contributed by atoms with Crippen molar-refractivity contribution < 1.29 is 0 Å². The monoisotopic (exact) mass is 237 g/mol. The summed E-state index contributed by atoms with van der Waals surface area (Å²) in [6, 6.07) is 5.87. The third-order valence-corrected chi connectivity index (χ3v) is 3.02. The van der Waals surface area contributed by atoms with Crippen molar-refractivity contribution in [3.63, 3.8) is 0 Å². The fourth-order valence-corrected chi connectivity index (χ4v) is 2.23. The molecule has 0 fully saturated rings. The van der Waals surface area contributed by atoms with Crippen LogP contribution in [0.1, 0.15) is 12.7 Å². The van der Waals surface area contributed by atoms with Crippen molar-refractivity contribution in [2.24, 2.45) is 0 Å². The van der Waals surface area contributed by atoms with Crippen LogP contribution in [-0.4, -0.2) is 23.1 Å². The molecule has 0 unspecified atom stereocenters. The Hall–Kier alpha value is -1.06. The Morgan fingerprint density at radius 3 is 2.94 bits per heavy atom. The molecule has 2 aromatic rings. The van der Waals surface area contributed by atoms with E-state index in [1.807, 2.05) is 25.2 Å². The molecule has 0 atom stereocenters. The Kier molecular flexibility index (Phi) is 3.46. The van der Waals surface area contributed by atoms with E-state index >= 15 is 0 Å². The van der Waals surface area contributed by atoms with Gasteiger partial charge in [-0.05, 0) is 26.1 Å². The normalized spacial score (nSPS) is 11.2. The standard InChI is InChI=1S/C12H16ClN3/c1-3-16-11(7-8-14-2)15-10-6-4-5-9(13)12(10)16/h4-6,14H,3,7-8H2,1-2H3. The van der Waals surface area contributed by atoms with Gasteiger partial charge in [-0.25, -0.2) is 4.98 Å². The largest absolute Gasteiger partial charge is 0.327 e. The molecule has 0 bridgehead atoms. The van der Waals surface area contributed by atoms with Gasteiger partial charge in [-0.15, -0.1) is 0 Å². The molecule has 1 aromatic carbocycles. The molecular formula is C12H16ClN3.